The molecule has 0 saturated carbocycles. The lowest BCUT2D eigenvalue weighted by Crippen LogP contribution is -2.31. The van der Waals surface area contributed by atoms with Crippen molar-refractivity contribution in [2.45, 2.75) is 38.5 Å². The fraction of sp³-hybridized carbons (Fsp3) is 0.300. The Morgan fingerprint density at radius 2 is 1.81 bits per heavy atom. The zero-order chi connectivity index (χ0) is 23.0. The van der Waals surface area contributed by atoms with Crippen molar-refractivity contribution in [3.8, 4) is 0 Å². The SMILES string of the molecule is CCn1cnc2c1c(=O)[nH]c(=O)n2Cc1ccc(CNS(=O)(=O)c2cn(C)c(C)n2)cc1. The van der Waals surface area contributed by atoms with Crippen LogP contribution in [0.15, 0.2) is 51.4 Å². The third kappa shape index (κ3) is 4.01. The van der Waals surface area contributed by atoms with E-state index < -0.39 is 21.3 Å². The third-order valence-corrected chi connectivity index (χ3v) is 6.56. The van der Waals surface area contributed by atoms with Crippen molar-refractivity contribution in [1.29, 1.82) is 0 Å². The average Bonchev–Trinajstić information content (AvgIpc) is 3.34. The van der Waals surface area contributed by atoms with E-state index in [4.69, 9.17) is 0 Å². The van der Waals surface area contributed by atoms with Crippen molar-refractivity contribution in [2.24, 2.45) is 7.05 Å². The molecule has 168 valence electrons. The highest BCUT2D eigenvalue weighted by molar-refractivity contribution is 7.89. The molecule has 0 amide bonds. The van der Waals surface area contributed by atoms with Crippen LogP contribution >= 0.6 is 0 Å². The van der Waals surface area contributed by atoms with Gasteiger partial charge in [-0.15, -0.1) is 0 Å². The molecule has 0 aliphatic rings. The number of aromatic amines is 1. The fourth-order valence-electron chi connectivity index (χ4n) is 3.36. The normalized spacial score (nSPS) is 12.0. The molecule has 0 aliphatic carbocycles. The zero-order valence-electron chi connectivity index (χ0n) is 17.9. The maximum absolute atomic E-state index is 12.4. The number of fused-ring (bicyclic) bond motifs is 1. The van der Waals surface area contributed by atoms with E-state index in [1.54, 1.807) is 47.4 Å². The number of rotatable bonds is 7. The third-order valence-electron chi connectivity index (χ3n) is 5.29. The van der Waals surface area contributed by atoms with Gasteiger partial charge in [0.25, 0.3) is 15.6 Å². The molecule has 0 bridgehead atoms. The van der Waals surface area contributed by atoms with Crippen LogP contribution in [-0.4, -0.2) is 37.1 Å². The first-order chi connectivity index (χ1) is 15.2. The Hall–Kier alpha value is -3.51. The predicted molar refractivity (Wildman–Crippen MR) is 118 cm³/mol. The van der Waals surface area contributed by atoms with Crippen LogP contribution < -0.4 is 16.0 Å². The van der Waals surface area contributed by atoms with Gasteiger partial charge in [-0.1, -0.05) is 24.3 Å². The largest absolute Gasteiger partial charge is 0.337 e. The molecule has 0 radical (unpaired) electrons. The van der Waals surface area contributed by atoms with Gasteiger partial charge in [-0.25, -0.2) is 27.9 Å². The lowest BCUT2D eigenvalue weighted by Gasteiger charge is -2.09. The van der Waals surface area contributed by atoms with Gasteiger partial charge in [-0.3, -0.25) is 14.3 Å². The minimum atomic E-state index is -3.72. The molecule has 3 aromatic heterocycles. The summed E-state index contributed by atoms with van der Waals surface area (Å²) in [5.74, 6) is 0.602. The Balaban J connectivity index is 1.52. The maximum atomic E-state index is 12.4. The summed E-state index contributed by atoms with van der Waals surface area (Å²) in [6.45, 7) is 4.48. The number of sulfonamides is 1. The van der Waals surface area contributed by atoms with E-state index in [1.165, 1.54) is 17.1 Å². The quantitative estimate of drug-likeness (QED) is 0.414. The second kappa shape index (κ2) is 8.20. The average molecular weight is 458 g/mol. The van der Waals surface area contributed by atoms with Gasteiger partial charge in [0, 0.05) is 26.3 Å². The molecule has 4 rings (SSSR count). The van der Waals surface area contributed by atoms with Crippen LogP contribution in [0.3, 0.4) is 0 Å². The van der Waals surface area contributed by atoms with Crippen LogP contribution in [0.25, 0.3) is 11.2 Å². The molecule has 32 heavy (non-hydrogen) atoms. The number of hydrogen-bond acceptors (Lipinski definition) is 6. The standard InChI is InChI=1S/C20H23N7O4S/c1-4-26-12-21-18-17(26)19(28)24-20(29)27(18)10-15-7-5-14(6-8-15)9-22-32(30,31)16-11-25(3)13(2)23-16/h5-8,11-12,22H,4,9-10H2,1-3H3,(H,24,28,29). The molecule has 0 atom stereocenters. The van der Waals surface area contributed by atoms with Gasteiger partial charge in [0.2, 0.25) is 0 Å². The minimum absolute atomic E-state index is 0.0258. The Morgan fingerprint density at radius 3 is 2.44 bits per heavy atom. The van der Waals surface area contributed by atoms with Crippen molar-refractivity contribution in [3.05, 3.63) is 74.6 Å². The molecule has 0 saturated heterocycles. The first-order valence-electron chi connectivity index (χ1n) is 9.95. The smallest absolute Gasteiger partial charge is 0.330 e. The Kier molecular flexibility index (Phi) is 5.57. The summed E-state index contributed by atoms with van der Waals surface area (Å²) >= 11 is 0. The lowest BCUT2D eigenvalue weighted by atomic mass is 10.1. The monoisotopic (exact) mass is 457 g/mol. The molecule has 11 nitrogen and oxygen atoms in total. The number of H-pyrrole nitrogens is 1. The molecule has 0 fully saturated rings. The summed E-state index contributed by atoms with van der Waals surface area (Å²) in [4.78, 5) is 35.2. The van der Waals surface area contributed by atoms with Crippen LogP contribution in [0, 0.1) is 6.92 Å². The Labute approximate surface area is 183 Å². The predicted octanol–water partition coefficient (Wildman–Crippen LogP) is 0.475. The molecule has 12 heteroatoms. The minimum Gasteiger partial charge on any atom is -0.337 e. The van der Waals surface area contributed by atoms with Crippen molar-refractivity contribution in [3.63, 3.8) is 0 Å². The number of nitrogens with zero attached hydrogens (tertiary/aromatic N) is 5. The van der Waals surface area contributed by atoms with Crippen LogP contribution in [0.4, 0.5) is 0 Å². The highest BCUT2D eigenvalue weighted by Crippen LogP contribution is 2.12. The van der Waals surface area contributed by atoms with Gasteiger partial charge in [0.1, 0.15) is 5.82 Å². The van der Waals surface area contributed by atoms with Crippen LogP contribution in [-0.2, 0) is 36.7 Å². The van der Waals surface area contributed by atoms with E-state index >= 15 is 0 Å². The molecular formula is C20H23N7O4S. The molecule has 0 aliphatic heterocycles. The summed E-state index contributed by atoms with van der Waals surface area (Å²) in [6, 6.07) is 7.16. The van der Waals surface area contributed by atoms with E-state index in [9.17, 15) is 18.0 Å². The number of hydrogen-bond donors (Lipinski definition) is 2. The van der Waals surface area contributed by atoms with Gasteiger partial charge in [0.05, 0.1) is 12.9 Å². The Bertz CT molecular complexity index is 1490. The van der Waals surface area contributed by atoms with Gasteiger partial charge >= 0.3 is 5.69 Å². The molecule has 0 spiro atoms. The maximum Gasteiger partial charge on any atom is 0.330 e. The van der Waals surface area contributed by atoms with Gasteiger partial charge in [-0.05, 0) is 25.0 Å². The van der Waals surface area contributed by atoms with Gasteiger partial charge < -0.3 is 9.13 Å². The molecule has 1 aromatic carbocycles. The van der Waals surface area contributed by atoms with Gasteiger partial charge in [-0.2, -0.15) is 0 Å². The van der Waals surface area contributed by atoms with E-state index in [-0.39, 0.29) is 18.1 Å². The first kappa shape index (κ1) is 21.7. The van der Waals surface area contributed by atoms with E-state index in [0.717, 1.165) is 11.1 Å². The lowest BCUT2D eigenvalue weighted by molar-refractivity contribution is 0.578. The number of benzene rings is 1. The summed E-state index contributed by atoms with van der Waals surface area (Å²) in [7, 11) is -1.99. The highest BCUT2D eigenvalue weighted by Gasteiger charge is 2.18. The van der Waals surface area contributed by atoms with Crippen molar-refractivity contribution in [2.75, 3.05) is 0 Å². The summed E-state index contributed by atoms with van der Waals surface area (Å²) < 4.78 is 32.1. The van der Waals surface area contributed by atoms with Crippen LogP contribution in [0.2, 0.25) is 0 Å². The molecule has 3 heterocycles. The summed E-state index contributed by atoms with van der Waals surface area (Å²) in [5.41, 5.74) is 1.22. The fourth-order valence-corrected chi connectivity index (χ4v) is 4.41. The van der Waals surface area contributed by atoms with Crippen molar-refractivity contribution < 1.29 is 8.42 Å². The topological polar surface area (TPSA) is 137 Å². The van der Waals surface area contributed by atoms with E-state index in [0.29, 0.717) is 23.5 Å². The van der Waals surface area contributed by atoms with E-state index in [1.807, 2.05) is 6.92 Å². The summed E-state index contributed by atoms with van der Waals surface area (Å²) in [5, 5.41) is -0.0258. The zero-order valence-corrected chi connectivity index (χ0v) is 18.7. The van der Waals surface area contributed by atoms with Crippen molar-refractivity contribution in [1.82, 2.24) is 33.4 Å². The number of aryl methyl sites for hydroxylation is 3. The molecule has 2 N–H and O–H groups in total. The second-order valence-corrected chi connectivity index (χ2v) is 9.14. The first-order valence-corrected chi connectivity index (χ1v) is 11.4. The van der Waals surface area contributed by atoms with Crippen LogP contribution in [0.5, 0.6) is 0 Å². The number of imidazole rings is 2. The van der Waals surface area contributed by atoms with Gasteiger partial charge in [0.15, 0.2) is 16.2 Å². The highest BCUT2D eigenvalue weighted by atomic mass is 32.2. The van der Waals surface area contributed by atoms with Crippen LogP contribution in [0.1, 0.15) is 23.9 Å². The number of nitrogens with one attached hydrogen (secondary N) is 2. The van der Waals surface area contributed by atoms with E-state index in [2.05, 4.69) is 19.7 Å². The molecular weight excluding hydrogens is 434 g/mol. The van der Waals surface area contributed by atoms with Crippen molar-refractivity contribution >= 4 is 21.2 Å². The molecule has 0 unspecified atom stereocenters. The number of aromatic nitrogens is 6. The Morgan fingerprint density at radius 1 is 1.12 bits per heavy atom. The molecule has 4 aromatic rings. The summed E-state index contributed by atoms with van der Waals surface area (Å²) in [6.07, 6.45) is 3.00. The second-order valence-electron chi connectivity index (χ2n) is 7.43.